The molecule has 0 heterocycles. The summed E-state index contributed by atoms with van der Waals surface area (Å²) in [5.74, 6) is -1.82. The molecule has 0 bridgehead atoms. The van der Waals surface area contributed by atoms with Gasteiger partial charge in [0.2, 0.25) is 5.75 Å². The van der Waals surface area contributed by atoms with Gasteiger partial charge in [0.25, 0.3) is 11.8 Å². The minimum Gasteiger partial charge on any atom is -0.493 e. The highest BCUT2D eigenvalue weighted by Crippen LogP contribution is 2.39. The van der Waals surface area contributed by atoms with E-state index >= 15 is 0 Å². The molecule has 28 heavy (non-hydrogen) atoms. The largest absolute Gasteiger partial charge is 0.493 e. The molecule has 1 aromatic carbocycles. The molecule has 0 aromatic heterocycles. The summed E-state index contributed by atoms with van der Waals surface area (Å²) in [6, 6.07) is 2.81. The van der Waals surface area contributed by atoms with Crippen molar-refractivity contribution in [3.05, 3.63) is 17.7 Å². The smallest absolute Gasteiger partial charge is 0.329 e. The molecule has 9 nitrogen and oxygen atoms in total. The topological polar surface area (TPSA) is 137 Å². The van der Waals surface area contributed by atoms with Crippen LogP contribution in [0.1, 0.15) is 48.9 Å². The number of amides is 2. The van der Waals surface area contributed by atoms with Crippen molar-refractivity contribution in [3.63, 3.8) is 0 Å². The Hall–Kier alpha value is -2.97. The van der Waals surface area contributed by atoms with E-state index in [0.29, 0.717) is 12.8 Å². The lowest BCUT2D eigenvalue weighted by atomic mass is 9.89. The molecule has 0 spiro atoms. The lowest BCUT2D eigenvalue weighted by Crippen LogP contribution is -2.54. The van der Waals surface area contributed by atoms with E-state index in [0.717, 1.165) is 25.7 Å². The van der Waals surface area contributed by atoms with E-state index in [1.54, 1.807) is 0 Å². The van der Waals surface area contributed by atoms with Gasteiger partial charge in [-0.05, 0) is 25.0 Å². The SMILES string of the molecule is COc1cc(C(=O)NC2(C(=O)O)CCCCCC2)cc(OC)c1OCC(N)=O. The van der Waals surface area contributed by atoms with Crippen LogP contribution in [0.4, 0.5) is 0 Å². The van der Waals surface area contributed by atoms with Gasteiger partial charge in [-0.15, -0.1) is 0 Å². The van der Waals surface area contributed by atoms with Crippen molar-refractivity contribution in [1.29, 1.82) is 0 Å². The molecule has 0 saturated heterocycles. The van der Waals surface area contributed by atoms with Gasteiger partial charge >= 0.3 is 5.97 Å². The molecule has 1 aliphatic rings. The first kappa shape index (κ1) is 21.3. The summed E-state index contributed by atoms with van der Waals surface area (Å²) in [4.78, 5) is 35.8. The summed E-state index contributed by atoms with van der Waals surface area (Å²) in [6.07, 6.45) is 4.11. The summed E-state index contributed by atoms with van der Waals surface area (Å²) < 4.78 is 15.8. The summed E-state index contributed by atoms with van der Waals surface area (Å²) in [7, 11) is 2.75. The number of primary amides is 1. The number of ether oxygens (including phenoxy) is 3. The molecule has 0 aliphatic heterocycles. The predicted molar refractivity (Wildman–Crippen MR) is 99.8 cm³/mol. The molecular formula is C19H26N2O7. The van der Waals surface area contributed by atoms with Gasteiger partial charge in [-0.2, -0.15) is 0 Å². The van der Waals surface area contributed by atoms with E-state index in [1.165, 1.54) is 26.4 Å². The van der Waals surface area contributed by atoms with Crippen molar-refractivity contribution in [3.8, 4) is 17.2 Å². The van der Waals surface area contributed by atoms with Gasteiger partial charge in [-0.3, -0.25) is 9.59 Å². The van der Waals surface area contributed by atoms with Crippen molar-refractivity contribution in [2.75, 3.05) is 20.8 Å². The van der Waals surface area contributed by atoms with Crippen molar-refractivity contribution in [2.24, 2.45) is 5.73 Å². The molecule has 154 valence electrons. The van der Waals surface area contributed by atoms with Crippen LogP contribution in [0.25, 0.3) is 0 Å². The third kappa shape index (κ3) is 4.85. The molecule has 2 amide bonds. The highest BCUT2D eigenvalue weighted by Gasteiger charge is 2.40. The van der Waals surface area contributed by atoms with Crippen LogP contribution in [0.5, 0.6) is 17.2 Å². The third-order valence-electron chi connectivity index (χ3n) is 4.80. The number of aliphatic carboxylic acids is 1. The Balaban J connectivity index is 2.33. The van der Waals surface area contributed by atoms with Gasteiger partial charge in [0.15, 0.2) is 18.1 Å². The predicted octanol–water partition coefficient (Wildman–Crippen LogP) is 1.48. The monoisotopic (exact) mass is 394 g/mol. The fraction of sp³-hybridized carbons (Fsp3) is 0.526. The van der Waals surface area contributed by atoms with Gasteiger partial charge in [-0.1, -0.05) is 25.7 Å². The maximum atomic E-state index is 12.8. The second kappa shape index (κ2) is 9.29. The van der Waals surface area contributed by atoms with Gasteiger partial charge in [0.1, 0.15) is 5.54 Å². The number of carbonyl (C=O) groups excluding carboxylic acids is 2. The number of nitrogens with one attached hydrogen (secondary N) is 1. The normalized spacial score (nSPS) is 15.8. The summed E-state index contributed by atoms with van der Waals surface area (Å²) >= 11 is 0. The van der Waals surface area contributed by atoms with E-state index < -0.39 is 23.3 Å². The highest BCUT2D eigenvalue weighted by molar-refractivity contribution is 5.99. The second-order valence-corrected chi connectivity index (χ2v) is 6.72. The molecule has 1 aromatic rings. The molecule has 0 unspecified atom stereocenters. The summed E-state index contributed by atoms with van der Waals surface area (Å²) in [6.45, 7) is -0.389. The Bertz CT molecular complexity index is 715. The zero-order valence-corrected chi connectivity index (χ0v) is 16.1. The van der Waals surface area contributed by atoms with Gasteiger partial charge < -0.3 is 30.4 Å². The lowest BCUT2D eigenvalue weighted by Gasteiger charge is -2.29. The number of hydrogen-bond acceptors (Lipinski definition) is 6. The molecule has 0 radical (unpaired) electrons. The lowest BCUT2D eigenvalue weighted by molar-refractivity contribution is -0.145. The molecular weight excluding hydrogens is 368 g/mol. The Kier molecular flexibility index (Phi) is 7.08. The summed E-state index contributed by atoms with van der Waals surface area (Å²) in [5.41, 5.74) is 3.96. The van der Waals surface area contributed by atoms with Gasteiger partial charge in [0, 0.05) is 5.56 Å². The van der Waals surface area contributed by atoms with Crippen molar-refractivity contribution < 1.29 is 33.7 Å². The third-order valence-corrected chi connectivity index (χ3v) is 4.80. The number of carbonyl (C=O) groups is 3. The minimum atomic E-state index is -1.30. The number of methoxy groups -OCH3 is 2. The Morgan fingerprint density at radius 2 is 1.61 bits per heavy atom. The fourth-order valence-electron chi connectivity index (χ4n) is 3.31. The summed E-state index contributed by atoms with van der Waals surface area (Å²) in [5, 5.41) is 12.4. The Morgan fingerprint density at radius 3 is 2.04 bits per heavy atom. The average Bonchev–Trinajstić information content (AvgIpc) is 2.91. The molecule has 1 aliphatic carbocycles. The van der Waals surface area contributed by atoms with E-state index in [9.17, 15) is 19.5 Å². The van der Waals surface area contributed by atoms with Crippen LogP contribution in [0.2, 0.25) is 0 Å². The van der Waals surface area contributed by atoms with Crippen molar-refractivity contribution >= 4 is 17.8 Å². The quantitative estimate of drug-likeness (QED) is 0.568. The highest BCUT2D eigenvalue weighted by atomic mass is 16.5. The van der Waals surface area contributed by atoms with Crippen LogP contribution in [0.15, 0.2) is 12.1 Å². The first-order chi connectivity index (χ1) is 13.3. The van der Waals surface area contributed by atoms with Crippen LogP contribution < -0.4 is 25.3 Å². The first-order valence-corrected chi connectivity index (χ1v) is 9.06. The van der Waals surface area contributed by atoms with Crippen LogP contribution in [0, 0.1) is 0 Å². The van der Waals surface area contributed by atoms with Crippen LogP contribution in [-0.2, 0) is 9.59 Å². The zero-order chi connectivity index (χ0) is 20.7. The average molecular weight is 394 g/mol. The second-order valence-electron chi connectivity index (χ2n) is 6.72. The van der Waals surface area contributed by atoms with E-state index in [2.05, 4.69) is 5.32 Å². The van der Waals surface area contributed by atoms with E-state index in [-0.39, 0.29) is 29.4 Å². The zero-order valence-electron chi connectivity index (χ0n) is 16.1. The van der Waals surface area contributed by atoms with Crippen LogP contribution >= 0.6 is 0 Å². The number of nitrogens with two attached hydrogens (primary N) is 1. The van der Waals surface area contributed by atoms with E-state index in [4.69, 9.17) is 19.9 Å². The molecule has 1 fully saturated rings. The molecule has 0 atom stereocenters. The fourth-order valence-corrected chi connectivity index (χ4v) is 3.31. The number of carboxylic acid groups (broad SMARTS) is 1. The van der Waals surface area contributed by atoms with Crippen molar-refractivity contribution in [1.82, 2.24) is 5.32 Å². The molecule has 2 rings (SSSR count). The Morgan fingerprint density at radius 1 is 1.07 bits per heavy atom. The maximum absolute atomic E-state index is 12.8. The number of carboxylic acids is 1. The molecule has 9 heteroatoms. The molecule has 1 saturated carbocycles. The van der Waals surface area contributed by atoms with Crippen molar-refractivity contribution in [2.45, 2.75) is 44.1 Å². The number of benzene rings is 1. The van der Waals surface area contributed by atoms with E-state index in [1.807, 2.05) is 0 Å². The van der Waals surface area contributed by atoms with Crippen LogP contribution in [0.3, 0.4) is 0 Å². The number of hydrogen-bond donors (Lipinski definition) is 3. The Labute approximate surface area is 163 Å². The molecule has 4 N–H and O–H groups in total. The standard InChI is InChI=1S/C19H26N2O7/c1-26-13-9-12(10-14(27-2)16(13)28-11-15(20)22)17(23)21-19(18(24)25)7-5-3-4-6-8-19/h9-10H,3-8,11H2,1-2H3,(H2,20,22)(H,21,23)(H,24,25). The number of rotatable bonds is 8. The maximum Gasteiger partial charge on any atom is 0.329 e. The van der Waals surface area contributed by atoms with Crippen LogP contribution in [-0.4, -0.2) is 49.3 Å². The first-order valence-electron chi connectivity index (χ1n) is 9.06. The van der Waals surface area contributed by atoms with Gasteiger partial charge in [0.05, 0.1) is 14.2 Å². The minimum absolute atomic E-state index is 0.128. The van der Waals surface area contributed by atoms with Gasteiger partial charge in [-0.25, -0.2) is 4.79 Å².